The number of hydrogen-bond donors (Lipinski definition) is 2. The molecular weight excluding hydrogens is 468 g/mol. The number of benzene rings is 2. The third-order valence-electron chi connectivity index (χ3n) is 8.36. The van der Waals surface area contributed by atoms with Gasteiger partial charge in [0.25, 0.3) is 0 Å². The first-order valence-electron chi connectivity index (χ1n) is 13.6. The summed E-state index contributed by atoms with van der Waals surface area (Å²) in [5, 5.41) is 14.0. The van der Waals surface area contributed by atoms with Crippen LogP contribution in [0.1, 0.15) is 69.0 Å². The Kier molecular flexibility index (Phi) is 7.33. The molecule has 37 heavy (non-hydrogen) atoms. The lowest BCUT2D eigenvalue weighted by atomic mass is 9.72. The van der Waals surface area contributed by atoms with Crippen molar-refractivity contribution in [3.8, 4) is 5.75 Å². The topological polar surface area (TPSA) is 95.9 Å². The predicted octanol–water partition coefficient (Wildman–Crippen LogP) is 4.71. The fourth-order valence-corrected chi connectivity index (χ4v) is 6.58. The third-order valence-corrected chi connectivity index (χ3v) is 8.36. The van der Waals surface area contributed by atoms with Gasteiger partial charge >= 0.3 is 5.97 Å². The number of carbonyl (C=O) groups excluding carboxylic acids is 2. The highest BCUT2D eigenvalue weighted by atomic mass is 16.5. The minimum absolute atomic E-state index is 0.154. The highest BCUT2D eigenvalue weighted by Gasteiger charge is 2.68. The second-order valence-electron chi connectivity index (χ2n) is 10.8. The van der Waals surface area contributed by atoms with E-state index in [-0.39, 0.29) is 24.3 Å². The van der Waals surface area contributed by atoms with Gasteiger partial charge in [0.1, 0.15) is 11.3 Å². The van der Waals surface area contributed by atoms with E-state index in [1.165, 1.54) is 4.90 Å². The largest absolute Gasteiger partial charge is 0.494 e. The van der Waals surface area contributed by atoms with Crippen molar-refractivity contribution >= 4 is 17.8 Å². The van der Waals surface area contributed by atoms with Crippen molar-refractivity contribution < 1.29 is 24.2 Å². The summed E-state index contributed by atoms with van der Waals surface area (Å²) >= 11 is 0. The van der Waals surface area contributed by atoms with E-state index in [1.54, 1.807) is 0 Å². The normalized spacial score (nSPS) is 27.9. The average Bonchev–Trinajstić information content (AvgIpc) is 3.39. The highest BCUT2D eigenvalue weighted by molar-refractivity contribution is 6.09. The average molecular weight is 505 g/mol. The summed E-state index contributed by atoms with van der Waals surface area (Å²) < 4.78 is 5.72. The van der Waals surface area contributed by atoms with Gasteiger partial charge in [-0.2, -0.15) is 0 Å². The standard InChI is InChI=1S/C30H36N2O5/c1-2-17-37-23-15-13-22(14-16-23)26-24-25(28(34)32(27(24)33)19-21-11-7-4-8-12-21)30(31-26,29(35)36)18-20-9-5-3-6-10-20/h4,7-8,11-16,20,24-26,31H,2-3,5-6,9-10,17-19H2,1H3,(H,35,36). The number of hydrogen-bond acceptors (Lipinski definition) is 5. The molecule has 196 valence electrons. The molecule has 5 rings (SSSR count). The number of likely N-dealkylation sites (tertiary alicyclic amines) is 1. The molecule has 0 aromatic heterocycles. The van der Waals surface area contributed by atoms with Crippen LogP contribution in [0.4, 0.5) is 0 Å². The van der Waals surface area contributed by atoms with Crippen molar-refractivity contribution in [2.75, 3.05) is 6.61 Å². The van der Waals surface area contributed by atoms with E-state index in [0.717, 1.165) is 55.4 Å². The van der Waals surface area contributed by atoms with E-state index in [4.69, 9.17) is 4.74 Å². The molecule has 0 spiro atoms. The molecule has 2 heterocycles. The quantitative estimate of drug-likeness (QED) is 0.480. The second-order valence-corrected chi connectivity index (χ2v) is 10.8. The Labute approximate surface area is 218 Å². The van der Waals surface area contributed by atoms with Crippen molar-refractivity contribution in [2.24, 2.45) is 17.8 Å². The summed E-state index contributed by atoms with van der Waals surface area (Å²) in [6.45, 7) is 2.80. The summed E-state index contributed by atoms with van der Waals surface area (Å²) in [7, 11) is 0. The first-order valence-corrected chi connectivity index (χ1v) is 13.6. The van der Waals surface area contributed by atoms with Gasteiger partial charge in [0, 0.05) is 6.04 Å². The van der Waals surface area contributed by atoms with Gasteiger partial charge in [-0.05, 0) is 42.0 Å². The van der Waals surface area contributed by atoms with Crippen LogP contribution < -0.4 is 10.1 Å². The maximum atomic E-state index is 13.9. The van der Waals surface area contributed by atoms with Gasteiger partial charge in [-0.25, -0.2) is 0 Å². The summed E-state index contributed by atoms with van der Waals surface area (Å²) in [5.74, 6) is -2.48. The molecule has 2 aromatic rings. The molecule has 0 radical (unpaired) electrons. The number of carbonyl (C=O) groups is 3. The van der Waals surface area contributed by atoms with Gasteiger partial charge in [0.2, 0.25) is 11.8 Å². The van der Waals surface area contributed by atoms with Crippen molar-refractivity contribution in [3.05, 3.63) is 65.7 Å². The van der Waals surface area contributed by atoms with Crippen molar-refractivity contribution in [1.82, 2.24) is 10.2 Å². The Balaban J connectivity index is 1.52. The maximum absolute atomic E-state index is 13.9. The maximum Gasteiger partial charge on any atom is 0.324 e. The molecule has 2 aromatic carbocycles. The van der Waals surface area contributed by atoms with Crippen LogP contribution in [0.3, 0.4) is 0 Å². The van der Waals surface area contributed by atoms with Crippen LogP contribution in [0.15, 0.2) is 54.6 Å². The number of rotatable bonds is 9. The summed E-state index contributed by atoms with van der Waals surface area (Å²) in [4.78, 5) is 42.1. The number of nitrogens with zero attached hydrogens (tertiary/aromatic N) is 1. The van der Waals surface area contributed by atoms with Crippen LogP contribution >= 0.6 is 0 Å². The molecule has 4 atom stereocenters. The van der Waals surface area contributed by atoms with E-state index in [2.05, 4.69) is 5.32 Å². The van der Waals surface area contributed by atoms with E-state index in [9.17, 15) is 19.5 Å². The molecule has 3 aliphatic rings. The van der Waals surface area contributed by atoms with Crippen LogP contribution in [0.5, 0.6) is 5.75 Å². The van der Waals surface area contributed by atoms with E-state index in [1.807, 2.05) is 61.5 Å². The fourth-order valence-electron chi connectivity index (χ4n) is 6.58. The number of aliphatic carboxylic acids is 1. The van der Waals surface area contributed by atoms with Gasteiger partial charge in [-0.3, -0.25) is 24.6 Å². The van der Waals surface area contributed by atoms with Crippen molar-refractivity contribution in [2.45, 2.75) is 70.0 Å². The Morgan fingerprint density at radius 3 is 2.38 bits per heavy atom. The molecule has 2 amide bonds. The summed E-state index contributed by atoms with van der Waals surface area (Å²) in [5.41, 5.74) is 0.167. The minimum atomic E-state index is -1.48. The van der Waals surface area contributed by atoms with Crippen molar-refractivity contribution in [3.63, 3.8) is 0 Å². The lowest BCUT2D eigenvalue weighted by Crippen LogP contribution is -2.56. The van der Waals surface area contributed by atoms with Crippen LogP contribution in [0.2, 0.25) is 0 Å². The van der Waals surface area contributed by atoms with Crippen LogP contribution in [0.25, 0.3) is 0 Å². The lowest BCUT2D eigenvalue weighted by molar-refractivity contribution is -0.152. The third kappa shape index (κ3) is 4.77. The van der Waals surface area contributed by atoms with Gasteiger partial charge in [-0.1, -0.05) is 81.5 Å². The zero-order valence-electron chi connectivity index (χ0n) is 21.4. The van der Waals surface area contributed by atoms with E-state index < -0.39 is 29.4 Å². The molecule has 2 aliphatic heterocycles. The Morgan fingerprint density at radius 2 is 1.73 bits per heavy atom. The van der Waals surface area contributed by atoms with E-state index in [0.29, 0.717) is 13.0 Å². The number of fused-ring (bicyclic) bond motifs is 1. The number of carboxylic acids is 1. The Morgan fingerprint density at radius 1 is 1.03 bits per heavy atom. The SMILES string of the molecule is CCCOc1ccc(C2NC(CC3CCCCC3)(C(=O)O)C3C(=O)N(Cc4ccccc4)C(=O)C23)cc1. The number of nitrogens with one attached hydrogen (secondary N) is 1. The smallest absolute Gasteiger partial charge is 0.324 e. The van der Waals surface area contributed by atoms with E-state index >= 15 is 0 Å². The highest BCUT2D eigenvalue weighted by Crippen LogP contribution is 2.52. The van der Waals surface area contributed by atoms with Gasteiger partial charge in [0.15, 0.2) is 0 Å². The predicted molar refractivity (Wildman–Crippen MR) is 139 cm³/mol. The second kappa shape index (κ2) is 10.7. The zero-order chi connectivity index (χ0) is 26.0. The molecule has 7 nitrogen and oxygen atoms in total. The first-order chi connectivity index (χ1) is 17.9. The Bertz CT molecular complexity index is 1130. The zero-order valence-corrected chi connectivity index (χ0v) is 21.4. The number of carboxylic acid groups (broad SMARTS) is 1. The lowest BCUT2D eigenvalue weighted by Gasteiger charge is -2.35. The van der Waals surface area contributed by atoms with Crippen molar-refractivity contribution in [1.29, 1.82) is 0 Å². The van der Waals surface area contributed by atoms with Gasteiger partial charge in [0.05, 0.1) is 25.0 Å². The summed E-state index contributed by atoms with van der Waals surface area (Å²) in [6, 6.07) is 16.3. The summed E-state index contributed by atoms with van der Waals surface area (Å²) in [6.07, 6.45) is 6.47. The number of ether oxygens (including phenoxy) is 1. The molecule has 7 heteroatoms. The van der Waals surface area contributed by atoms with Crippen LogP contribution in [-0.4, -0.2) is 39.9 Å². The molecule has 0 bridgehead atoms. The monoisotopic (exact) mass is 504 g/mol. The van der Waals surface area contributed by atoms with Gasteiger partial charge < -0.3 is 9.84 Å². The molecule has 4 unspecified atom stereocenters. The molecule has 2 N–H and O–H groups in total. The molecule has 1 aliphatic carbocycles. The van der Waals surface area contributed by atoms with Gasteiger partial charge in [-0.15, -0.1) is 0 Å². The first kappa shape index (κ1) is 25.5. The molecule has 1 saturated carbocycles. The number of imide groups is 1. The minimum Gasteiger partial charge on any atom is -0.494 e. The molecule has 2 saturated heterocycles. The number of amides is 2. The Hall–Kier alpha value is -3.19. The fraction of sp³-hybridized carbons (Fsp3) is 0.500. The van der Waals surface area contributed by atoms with Crippen LogP contribution in [0, 0.1) is 17.8 Å². The van der Waals surface area contributed by atoms with Crippen LogP contribution in [-0.2, 0) is 20.9 Å². The molecule has 3 fully saturated rings. The molecular formula is C30H36N2O5.